The topological polar surface area (TPSA) is 63.2 Å². The number of hydrogen-bond acceptors (Lipinski definition) is 3. The molecule has 4 fully saturated rings. The molecule has 4 nitrogen and oxygen atoms in total. The van der Waals surface area contributed by atoms with Crippen LogP contribution in [0, 0.1) is 46.3 Å². The Morgan fingerprint density at radius 3 is 2.43 bits per heavy atom. The number of nitrogens with one attached hydrogen (secondary N) is 1. The molecule has 0 heterocycles. The maximum atomic E-state index is 13.6. The summed E-state index contributed by atoms with van der Waals surface area (Å²) in [5.74, 6) is 2.99. The number of ketones is 2. The van der Waals surface area contributed by atoms with E-state index in [9.17, 15) is 14.4 Å². The van der Waals surface area contributed by atoms with Crippen molar-refractivity contribution in [3.63, 3.8) is 0 Å². The Morgan fingerprint density at radius 2 is 1.69 bits per heavy atom. The predicted octanol–water partition coefficient (Wildman–Crippen LogP) is 6.30. The maximum absolute atomic E-state index is 13.6. The van der Waals surface area contributed by atoms with Crippen molar-refractivity contribution >= 4 is 17.5 Å². The van der Waals surface area contributed by atoms with Crippen molar-refractivity contribution in [1.82, 2.24) is 5.32 Å². The molecule has 0 bridgehead atoms. The van der Waals surface area contributed by atoms with E-state index in [0.717, 1.165) is 37.7 Å². The third kappa shape index (κ3) is 4.19. The number of rotatable bonds is 5. The average molecular weight is 478 g/mol. The minimum Gasteiger partial charge on any atom is -0.350 e. The molecular weight excluding hydrogens is 434 g/mol. The van der Waals surface area contributed by atoms with Gasteiger partial charge in [0.25, 0.3) is 0 Å². The quantitative estimate of drug-likeness (QED) is 0.541. The van der Waals surface area contributed by atoms with E-state index in [-0.39, 0.29) is 34.6 Å². The first-order valence-corrected chi connectivity index (χ1v) is 14.0. The smallest absolute Gasteiger partial charge is 0.220 e. The molecule has 0 radical (unpaired) electrons. The standard InChI is InChI=1S/C31H43NO3/c1-19(16-28(35)32-20(2)21-8-6-5-7-9-21)24-10-11-25-29-26(13-15-31(24,25)4)30(3)14-12-23(33)17-22(30)18-27(29)34/h5-9,19-20,22,24-26,29H,10-18H2,1-4H3,(H,32,35)/t19-,20+,22?,24?,25+,26+,29?,30?,31?/m1/s1. The Hall–Kier alpha value is -1.97. The first-order chi connectivity index (χ1) is 16.6. The van der Waals surface area contributed by atoms with Gasteiger partial charge in [-0.15, -0.1) is 0 Å². The normalized spacial score (nSPS) is 40.3. The minimum atomic E-state index is 0.00850. The summed E-state index contributed by atoms with van der Waals surface area (Å²) in [6.45, 7) is 9.13. The second kappa shape index (κ2) is 9.16. The van der Waals surface area contributed by atoms with E-state index >= 15 is 0 Å². The molecule has 4 aliphatic rings. The molecule has 0 spiro atoms. The van der Waals surface area contributed by atoms with Crippen molar-refractivity contribution in [2.24, 2.45) is 46.3 Å². The fourth-order valence-corrected chi connectivity index (χ4v) is 9.26. The lowest BCUT2D eigenvalue weighted by atomic mass is 9.44. The fraction of sp³-hybridized carbons (Fsp3) is 0.710. The molecule has 5 unspecified atom stereocenters. The number of fused-ring (bicyclic) bond motifs is 5. The van der Waals surface area contributed by atoms with Crippen molar-refractivity contribution in [1.29, 1.82) is 0 Å². The predicted molar refractivity (Wildman–Crippen MR) is 137 cm³/mol. The van der Waals surface area contributed by atoms with Crippen molar-refractivity contribution < 1.29 is 14.4 Å². The fourth-order valence-electron chi connectivity index (χ4n) is 9.26. The number of carbonyl (C=O) groups is 3. The summed E-state index contributed by atoms with van der Waals surface area (Å²) < 4.78 is 0. The van der Waals surface area contributed by atoms with E-state index in [4.69, 9.17) is 0 Å². The van der Waals surface area contributed by atoms with Crippen LogP contribution in [0.15, 0.2) is 30.3 Å². The van der Waals surface area contributed by atoms with Gasteiger partial charge in [-0.2, -0.15) is 0 Å². The number of hydrogen-bond donors (Lipinski definition) is 1. The Labute approximate surface area is 211 Å². The molecule has 4 heteroatoms. The van der Waals surface area contributed by atoms with Crippen LogP contribution in [0.4, 0.5) is 0 Å². The van der Waals surface area contributed by atoms with Crippen LogP contribution in [0.3, 0.4) is 0 Å². The molecule has 190 valence electrons. The van der Waals surface area contributed by atoms with Gasteiger partial charge < -0.3 is 5.32 Å². The highest BCUT2D eigenvalue weighted by atomic mass is 16.1. The number of benzene rings is 1. The molecule has 5 rings (SSSR count). The van der Waals surface area contributed by atoms with Crippen LogP contribution < -0.4 is 5.32 Å². The summed E-state index contributed by atoms with van der Waals surface area (Å²) in [6, 6.07) is 10.1. The Kier molecular flexibility index (Phi) is 6.47. The molecule has 9 atom stereocenters. The third-order valence-corrected chi connectivity index (χ3v) is 11.2. The molecule has 4 aliphatic carbocycles. The SMILES string of the molecule is C[C@H](NC(=O)C[C@@H](C)C1CC[C@H]2C3C(=O)CC4CC(=O)CCC4(C)[C@H]3CCC12C)c1ccccc1. The summed E-state index contributed by atoms with van der Waals surface area (Å²) in [7, 11) is 0. The molecule has 0 aromatic heterocycles. The molecule has 1 amide bonds. The number of amides is 1. The summed E-state index contributed by atoms with van der Waals surface area (Å²) in [6.07, 6.45) is 7.92. The highest BCUT2D eigenvalue weighted by Gasteiger charge is 2.63. The van der Waals surface area contributed by atoms with Gasteiger partial charge in [-0.25, -0.2) is 0 Å². The number of carbonyl (C=O) groups excluding carboxylic acids is 3. The average Bonchev–Trinajstić information content (AvgIpc) is 3.18. The second-order valence-electron chi connectivity index (χ2n) is 13.0. The lowest BCUT2D eigenvalue weighted by Crippen LogP contribution is -2.57. The molecule has 4 saturated carbocycles. The van der Waals surface area contributed by atoms with Gasteiger partial charge in [0, 0.05) is 31.6 Å². The van der Waals surface area contributed by atoms with Crippen LogP contribution in [0.1, 0.15) is 97.1 Å². The second-order valence-corrected chi connectivity index (χ2v) is 13.0. The van der Waals surface area contributed by atoms with Crippen molar-refractivity contribution in [3.8, 4) is 0 Å². The molecule has 35 heavy (non-hydrogen) atoms. The highest BCUT2D eigenvalue weighted by molar-refractivity contribution is 5.86. The minimum absolute atomic E-state index is 0.00850. The van der Waals surface area contributed by atoms with Crippen LogP contribution in [0.5, 0.6) is 0 Å². The molecule has 1 N–H and O–H groups in total. The summed E-state index contributed by atoms with van der Waals surface area (Å²) in [5.41, 5.74) is 1.41. The largest absolute Gasteiger partial charge is 0.350 e. The van der Waals surface area contributed by atoms with Gasteiger partial charge in [0.15, 0.2) is 0 Å². The Balaban J connectivity index is 1.27. The van der Waals surface area contributed by atoms with Gasteiger partial charge in [0.1, 0.15) is 11.6 Å². The summed E-state index contributed by atoms with van der Waals surface area (Å²) in [5, 5.41) is 3.21. The van der Waals surface area contributed by atoms with Gasteiger partial charge in [0.2, 0.25) is 5.91 Å². The van der Waals surface area contributed by atoms with Crippen LogP contribution in [0.2, 0.25) is 0 Å². The molecule has 0 saturated heterocycles. The van der Waals surface area contributed by atoms with E-state index in [0.29, 0.717) is 60.9 Å². The van der Waals surface area contributed by atoms with Gasteiger partial charge >= 0.3 is 0 Å². The van der Waals surface area contributed by atoms with Crippen molar-refractivity contribution in [2.45, 2.75) is 91.5 Å². The molecular formula is C31H43NO3. The van der Waals surface area contributed by atoms with Gasteiger partial charge in [-0.05, 0) is 85.0 Å². The van der Waals surface area contributed by atoms with Crippen LogP contribution in [0.25, 0.3) is 0 Å². The van der Waals surface area contributed by atoms with Gasteiger partial charge in [0.05, 0.1) is 6.04 Å². The summed E-state index contributed by atoms with van der Waals surface area (Å²) >= 11 is 0. The lowest BCUT2D eigenvalue weighted by Gasteiger charge is -2.59. The molecule has 1 aromatic rings. The maximum Gasteiger partial charge on any atom is 0.220 e. The first kappa shape index (κ1) is 24.7. The van der Waals surface area contributed by atoms with E-state index in [1.54, 1.807) is 0 Å². The lowest BCUT2D eigenvalue weighted by molar-refractivity contribution is -0.159. The van der Waals surface area contributed by atoms with Crippen molar-refractivity contribution in [2.75, 3.05) is 0 Å². The zero-order valence-electron chi connectivity index (χ0n) is 22.0. The molecule has 0 aliphatic heterocycles. The van der Waals surface area contributed by atoms with Crippen LogP contribution in [-0.4, -0.2) is 17.5 Å². The summed E-state index contributed by atoms with van der Waals surface area (Å²) in [4.78, 5) is 38.7. The van der Waals surface area contributed by atoms with Gasteiger partial charge in [-0.3, -0.25) is 14.4 Å². The van der Waals surface area contributed by atoms with E-state index in [1.807, 2.05) is 25.1 Å². The Bertz CT molecular complexity index is 988. The van der Waals surface area contributed by atoms with Crippen molar-refractivity contribution in [3.05, 3.63) is 35.9 Å². The third-order valence-electron chi connectivity index (χ3n) is 11.2. The molecule has 1 aromatic carbocycles. The van der Waals surface area contributed by atoms with Crippen LogP contribution >= 0.6 is 0 Å². The zero-order chi connectivity index (χ0) is 25.0. The first-order valence-electron chi connectivity index (χ1n) is 14.0. The van der Waals surface area contributed by atoms with Gasteiger partial charge in [-0.1, -0.05) is 51.1 Å². The highest BCUT2D eigenvalue weighted by Crippen LogP contribution is 2.67. The Morgan fingerprint density at radius 1 is 0.971 bits per heavy atom. The van der Waals surface area contributed by atoms with E-state index < -0.39 is 0 Å². The van der Waals surface area contributed by atoms with E-state index in [2.05, 4.69) is 38.2 Å². The monoisotopic (exact) mass is 477 g/mol. The van der Waals surface area contributed by atoms with E-state index in [1.165, 1.54) is 0 Å². The zero-order valence-corrected chi connectivity index (χ0v) is 22.0. The number of Topliss-reactive ketones (excluding diaryl/α,β-unsaturated/α-hetero) is 2. The van der Waals surface area contributed by atoms with Crippen LogP contribution in [-0.2, 0) is 14.4 Å².